The van der Waals surface area contributed by atoms with Crippen molar-refractivity contribution >= 4 is 49.8 Å². The van der Waals surface area contributed by atoms with Crippen LogP contribution in [0.4, 0.5) is 17.1 Å². The lowest BCUT2D eigenvalue weighted by molar-refractivity contribution is 0.652. The largest absolute Gasteiger partial charge is 0.456 e. The summed E-state index contributed by atoms with van der Waals surface area (Å²) in [6, 6.07) is 87.2. The SMILES string of the molecule is CC1(C)c2cc3c(cc2-c2c(-c4ccccc4)cccc21)C(C)(C)c1cc(-c2cccc(N(c4ccc(-c5ccccc5)cc4)c4cccc5ccccc45)c2)cc(-c2ccc4c(c2)oc2ccccc24)c1-3. The third-order valence-electron chi connectivity index (χ3n) is 16.0. The second kappa shape index (κ2) is 15.9. The van der Waals surface area contributed by atoms with E-state index in [1.807, 2.05) is 0 Å². The van der Waals surface area contributed by atoms with E-state index in [2.05, 4.69) is 269 Å². The van der Waals surface area contributed by atoms with Gasteiger partial charge in [0.25, 0.3) is 0 Å². The van der Waals surface area contributed by atoms with Crippen LogP contribution in [0, 0.1) is 0 Å². The van der Waals surface area contributed by atoms with Gasteiger partial charge in [-0.05, 0) is 167 Å². The highest BCUT2D eigenvalue weighted by molar-refractivity contribution is 6.07. The van der Waals surface area contributed by atoms with Crippen LogP contribution in [-0.4, -0.2) is 0 Å². The van der Waals surface area contributed by atoms with Crippen molar-refractivity contribution in [3.05, 3.63) is 259 Å². The van der Waals surface area contributed by atoms with Gasteiger partial charge in [0.2, 0.25) is 0 Å². The van der Waals surface area contributed by atoms with E-state index in [1.165, 1.54) is 88.7 Å². The smallest absolute Gasteiger partial charge is 0.136 e. The summed E-state index contributed by atoms with van der Waals surface area (Å²) >= 11 is 0. The first-order chi connectivity index (χ1) is 35.2. The molecule has 0 radical (unpaired) electrons. The Bertz CT molecular complexity index is 4130. The van der Waals surface area contributed by atoms with Crippen LogP contribution in [0.3, 0.4) is 0 Å². The number of para-hydroxylation sites is 1. The van der Waals surface area contributed by atoms with Gasteiger partial charge in [0.15, 0.2) is 0 Å². The predicted molar refractivity (Wildman–Crippen MR) is 303 cm³/mol. The quantitative estimate of drug-likeness (QED) is 0.158. The van der Waals surface area contributed by atoms with Gasteiger partial charge in [-0.3, -0.25) is 0 Å². The first kappa shape index (κ1) is 42.2. The van der Waals surface area contributed by atoms with Crippen molar-refractivity contribution in [1.82, 2.24) is 0 Å². The standard InChI is InChI=1S/C70H51NO/c1-69(2)60-29-17-28-54(47-20-9-6-10-21-47)67(60)58-42-62-59(43-61(58)69)68-57(49-34-37-56-55-27-13-14-31-65(55)72-66(56)41-49)39-50(40-63(68)70(62,3)4)48-24-15-25-52(38-48)71(64-30-16-23-46-22-11-12-26-53(46)64)51-35-32-45(33-36-51)44-18-7-5-8-19-44/h5-43H,1-4H3. The molecule has 0 bridgehead atoms. The van der Waals surface area contributed by atoms with Gasteiger partial charge < -0.3 is 9.32 Å². The molecule has 0 amide bonds. The molecule has 2 heteroatoms. The van der Waals surface area contributed by atoms with Gasteiger partial charge in [-0.1, -0.05) is 191 Å². The maximum Gasteiger partial charge on any atom is 0.136 e. The highest BCUT2D eigenvalue weighted by Gasteiger charge is 2.43. The van der Waals surface area contributed by atoms with Crippen molar-refractivity contribution < 1.29 is 4.42 Å². The molecule has 0 atom stereocenters. The number of fused-ring (bicyclic) bond motifs is 10. The van der Waals surface area contributed by atoms with E-state index in [-0.39, 0.29) is 10.8 Å². The zero-order valence-corrected chi connectivity index (χ0v) is 40.9. The summed E-state index contributed by atoms with van der Waals surface area (Å²) in [5.41, 5.74) is 25.0. The number of rotatable bonds is 7. The lowest BCUT2D eigenvalue weighted by atomic mass is 9.79. The molecule has 72 heavy (non-hydrogen) atoms. The average molecular weight is 922 g/mol. The molecular formula is C70H51NO. The van der Waals surface area contributed by atoms with Crippen LogP contribution in [-0.2, 0) is 10.8 Å². The third kappa shape index (κ3) is 6.42. The van der Waals surface area contributed by atoms with Gasteiger partial charge in [0.1, 0.15) is 11.2 Å². The minimum absolute atomic E-state index is 0.192. The van der Waals surface area contributed by atoms with Crippen molar-refractivity contribution in [1.29, 1.82) is 0 Å². The summed E-state index contributed by atoms with van der Waals surface area (Å²) in [4.78, 5) is 2.43. The van der Waals surface area contributed by atoms with E-state index in [0.29, 0.717) is 0 Å². The number of hydrogen-bond acceptors (Lipinski definition) is 2. The van der Waals surface area contributed by atoms with Crippen LogP contribution in [0.25, 0.3) is 99.5 Å². The number of hydrogen-bond donors (Lipinski definition) is 0. The molecule has 0 unspecified atom stereocenters. The van der Waals surface area contributed by atoms with Gasteiger partial charge in [-0.25, -0.2) is 0 Å². The third-order valence-corrected chi connectivity index (χ3v) is 16.0. The van der Waals surface area contributed by atoms with Crippen LogP contribution in [0.1, 0.15) is 49.9 Å². The Morgan fingerprint density at radius 1 is 0.306 bits per heavy atom. The van der Waals surface area contributed by atoms with Crippen molar-refractivity contribution in [2.75, 3.05) is 4.90 Å². The maximum absolute atomic E-state index is 6.61. The van der Waals surface area contributed by atoms with Gasteiger partial charge in [-0.2, -0.15) is 0 Å². The minimum atomic E-state index is -0.310. The second-order valence-corrected chi connectivity index (χ2v) is 20.8. The van der Waals surface area contributed by atoms with Gasteiger partial charge in [0.05, 0.1) is 5.69 Å². The van der Waals surface area contributed by atoms with E-state index >= 15 is 0 Å². The monoisotopic (exact) mass is 921 g/mol. The van der Waals surface area contributed by atoms with E-state index in [4.69, 9.17) is 4.42 Å². The number of furan rings is 1. The Balaban J connectivity index is 0.974. The zero-order valence-electron chi connectivity index (χ0n) is 40.9. The lowest BCUT2D eigenvalue weighted by Gasteiger charge is -2.28. The molecule has 342 valence electrons. The fourth-order valence-corrected chi connectivity index (χ4v) is 12.4. The van der Waals surface area contributed by atoms with E-state index in [1.54, 1.807) is 0 Å². The van der Waals surface area contributed by atoms with Crippen molar-refractivity contribution in [2.45, 2.75) is 38.5 Å². The van der Waals surface area contributed by atoms with Crippen LogP contribution in [0.15, 0.2) is 241 Å². The molecule has 0 N–H and O–H groups in total. The molecule has 0 spiro atoms. The number of benzene rings is 11. The molecule has 2 aliphatic carbocycles. The Morgan fingerprint density at radius 2 is 0.889 bits per heavy atom. The maximum atomic E-state index is 6.61. The van der Waals surface area contributed by atoms with E-state index < -0.39 is 0 Å². The zero-order chi connectivity index (χ0) is 48.3. The first-order valence-corrected chi connectivity index (χ1v) is 25.2. The van der Waals surface area contributed by atoms with Gasteiger partial charge >= 0.3 is 0 Å². The van der Waals surface area contributed by atoms with Crippen LogP contribution in [0.2, 0.25) is 0 Å². The highest BCUT2D eigenvalue weighted by atomic mass is 16.3. The van der Waals surface area contributed by atoms with Crippen LogP contribution in [0.5, 0.6) is 0 Å². The lowest BCUT2D eigenvalue weighted by Crippen LogP contribution is -2.17. The molecule has 11 aromatic carbocycles. The summed E-state index contributed by atoms with van der Waals surface area (Å²) in [5, 5.41) is 4.68. The summed E-state index contributed by atoms with van der Waals surface area (Å²) < 4.78 is 6.61. The van der Waals surface area contributed by atoms with Gasteiger partial charge in [-0.15, -0.1) is 0 Å². The highest BCUT2D eigenvalue weighted by Crippen LogP contribution is 2.60. The molecule has 0 aliphatic heterocycles. The summed E-state index contributed by atoms with van der Waals surface area (Å²) in [5.74, 6) is 0. The van der Waals surface area contributed by atoms with Crippen molar-refractivity contribution in [2.24, 2.45) is 0 Å². The van der Waals surface area contributed by atoms with E-state index in [9.17, 15) is 0 Å². The topological polar surface area (TPSA) is 16.4 Å². The molecule has 14 rings (SSSR count). The average Bonchev–Trinajstić information content (AvgIpc) is 3.99. The summed E-state index contributed by atoms with van der Waals surface area (Å²) in [6.07, 6.45) is 0. The van der Waals surface area contributed by atoms with Crippen molar-refractivity contribution in [3.8, 4) is 66.8 Å². The second-order valence-electron chi connectivity index (χ2n) is 20.8. The predicted octanol–water partition coefficient (Wildman–Crippen LogP) is 19.5. The van der Waals surface area contributed by atoms with Crippen LogP contribution < -0.4 is 4.90 Å². The van der Waals surface area contributed by atoms with Gasteiger partial charge in [0, 0.05) is 38.4 Å². The fourth-order valence-electron chi connectivity index (χ4n) is 12.4. The van der Waals surface area contributed by atoms with Crippen molar-refractivity contribution in [3.63, 3.8) is 0 Å². The summed E-state index contributed by atoms with van der Waals surface area (Å²) in [7, 11) is 0. The first-order valence-electron chi connectivity index (χ1n) is 25.2. The molecule has 2 aliphatic rings. The van der Waals surface area contributed by atoms with Crippen LogP contribution >= 0.6 is 0 Å². The number of nitrogens with zero attached hydrogens (tertiary/aromatic N) is 1. The molecule has 0 saturated carbocycles. The fraction of sp³-hybridized carbons (Fsp3) is 0.0857. The normalized spacial score (nSPS) is 13.8. The molecular weight excluding hydrogens is 871 g/mol. The number of anilines is 3. The molecule has 12 aromatic rings. The molecule has 1 aromatic heterocycles. The Labute approximate surface area is 421 Å². The van der Waals surface area contributed by atoms with E-state index in [0.717, 1.165) is 50.1 Å². The molecule has 0 saturated heterocycles. The molecule has 2 nitrogen and oxygen atoms in total. The Morgan fingerprint density at radius 3 is 1.67 bits per heavy atom. The minimum Gasteiger partial charge on any atom is -0.456 e. The Hall–Kier alpha value is -8.72. The summed E-state index contributed by atoms with van der Waals surface area (Å²) in [6.45, 7) is 9.68. The Kier molecular flexibility index (Phi) is 9.32. The molecule has 1 heterocycles. The molecule has 0 fully saturated rings.